The van der Waals surface area contributed by atoms with Gasteiger partial charge in [-0.25, -0.2) is 0 Å². The highest BCUT2D eigenvalue weighted by atomic mass is 32.2. The van der Waals surface area contributed by atoms with Crippen molar-refractivity contribution < 1.29 is 4.21 Å². The molecule has 0 aromatic carbocycles. The van der Waals surface area contributed by atoms with Gasteiger partial charge in [0.05, 0.1) is 0 Å². The van der Waals surface area contributed by atoms with Crippen molar-refractivity contribution in [3.8, 4) is 0 Å². The first-order chi connectivity index (χ1) is 8.20. The molecule has 0 aromatic heterocycles. The van der Waals surface area contributed by atoms with Crippen molar-refractivity contribution in [2.75, 3.05) is 18.6 Å². The molecule has 3 heteroatoms. The summed E-state index contributed by atoms with van der Waals surface area (Å²) in [4.78, 5) is 0. The van der Waals surface area contributed by atoms with E-state index in [1.54, 1.807) is 6.26 Å². The monoisotopic (exact) mass is 261 g/mol. The van der Waals surface area contributed by atoms with Gasteiger partial charge in [0.25, 0.3) is 0 Å². The Morgan fingerprint density at radius 2 is 1.53 bits per heavy atom. The standard InChI is InChI=1S/C14H31NOS/c1-4-6-8-10-14(11-9-7-5-2)15-12-13-17(3)16/h14-15H,4-13H2,1-3H3. The molecule has 0 radical (unpaired) electrons. The van der Waals surface area contributed by atoms with E-state index in [2.05, 4.69) is 19.2 Å². The Morgan fingerprint density at radius 1 is 1.00 bits per heavy atom. The van der Waals surface area contributed by atoms with E-state index in [0.29, 0.717) is 6.04 Å². The van der Waals surface area contributed by atoms with Crippen LogP contribution in [0.2, 0.25) is 0 Å². The molecular formula is C14H31NOS. The van der Waals surface area contributed by atoms with E-state index in [9.17, 15) is 4.21 Å². The summed E-state index contributed by atoms with van der Waals surface area (Å²) >= 11 is 0. The fourth-order valence-corrected chi connectivity index (χ4v) is 2.44. The summed E-state index contributed by atoms with van der Waals surface area (Å²) in [5.41, 5.74) is 0. The number of unbranched alkanes of at least 4 members (excludes halogenated alkanes) is 4. The van der Waals surface area contributed by atoms with Crippen LogP contribution in [-0.4, -0.2) is 28.8 Å². The Bertz CT molecular complexity index is 175. The van der Waals surface area contributed by atoms with Gasteiger partial charge in [-0.15, -0.1) is 0 Å². The molecule has 0 rings (SSSR count). The summed E-state index contributed by atoms with van der Waals surface area (Å²) in [6, 6.07) is 0.650. The maximum absolute atomic E-state index is 11.0. The first kappa shape index (κ1) is 17.1. The van der Waals surface area contributed by atoms with E-state index in [-0.39, 0.29) is 0 Å². The summed E-state index contributed by atoms with van der Waals surface area (Å²) in [7, 11) is -0.659. The lowest BCUT2D eigenvalue weighted by molar-refractivity contribution is 0.428. The smallest absolute Gasteiger partial charge is 0.0357 e. The lowest BCUT2D eigenvalue weighted by Gasteiger charge is -2.18. The Hall–Kier alpha value is 0.110. The molecule has 0 aliphatic rings. The molecule has 2 nitrogen and oxygen atoms in total. The number of hydrogen-bond donors (Lipinski definition) is 1. The van der Waals surface area contributed by atoms with Crippen molar-refractivity contribution in [2.24, 2.45) is 0 Å². The van der Waals surface area contributed by atoms with Crippen molar-refractivity contribution in [3.63, 3.8) is 0 Å². The van der Waals surface area contributed by atoms with Crippen LogP contribution in [-0.2, 0) is 10.8 Å². The second-order valence-corrected chi connectivity index (χ2v) is 6.47. The van der Waals surface area contributed by atoms with Crippen molar-refractivity contribution in [2.45, 2.75) is 71.3 Å². The second-order valence-electron chi connectivity index (χ2n) is 4.92. The molecule has 0 bridgehead atoms. The minimum atomic E-state index is -0.659. The first-order valence-corrected chi connectivity index (χ1v) is 8.96. The van der Waals surface area contributed by atoms with Gasteiger partial charge < -0.3 is 5.32 Å². The van der Waals surface area contributed by atoms with Crippen molar-refractivity contribution >= 4 is 10.8 Å². The fraction of sp³-hybridized carbons (Fsp3) is 1.00. The molecule has 104 valence electrons. The zero-order valence-electron chi connectivity index (χ0n) is 12.0. The third-order valence-electron chi connectivity index (χ3n) is 3.13. The number of rotatable bonds is 12. The molecule has 1 N–H and O–H groups in total. The normalized spacial score (nSPS) is 13.2. The lowest BCUT2D eigenvalue weighted by atomic mass is 10.0. The zero-order valence-corrected chi connectivity index (χ0v) is 12.8. The Morgan fingerprint density at radius 3 is 1.94 bits per heavy atom. The van der Waals surface area contributed by atoms with Crippen molar-refractivity contribution in [3.05, 3.63) is 0 Å². The van der Waals surface area contributed by atoms with Crippen LogP contribution >= 0.6 is 0 Å². The summed E-state index contributed by atoms with van der Waals surface area (Å²) in [5, 5.41) is 3.58. The molecule has 0 spiro atoms. The minimum Gasteiger partial charge on any atom is -0.313 e. The molecule has 0 aliphatic carbocycles. The molecule has 1 atom stereocenters. The predicted octanol–water partition coefficient (Wildman–Crippen LogP) is 3.48. The minimum absolute atomic E-state index is 0.650. The SMILES string of the molecule is CCCCCC(CCCCC)NCCS(C)=O. The topological polar surface area (TPSA) is 29.1 Å². The van der Waals surface area contributed by atoms with Gasteiger partial charge >= 0.3 is 0 Å². The van der Waals surface area contributed by atoms with Crippen LogP contribution in [0.15, 0.2) is 0 Å². The van der Waals surface area contributed by atoms with Gasteiger partial charge in [-0.1, -0.05) is 52.4 Å². The van der Waals surface area contributed by atoms with Crippen molar-refractivity contribution in [1.29, 1.82) is 0 Å². The second kappa shape index (κ2) is 12.6. The van der Waals surface area contributed by atoms with Gasteiger partial charge in [-0.2, -0.15) is 0 Å². The van der Waals surface area contributed by atoms with E-state index in [1.807, 2.05) is 0 Å². The largest absolute Gasteiger partial charge is 0.313 e. The van der Waals surface area contributed by atoms with Crippen LogP contribution in [0, 0.1) is 0 Å². The van der Waals surface area contributed by atoms with Crippen LogP contribution < -0.4 is 5.32 Å². The van der Waals surface area contributed by atoms with E-state index < -0.39 is 10.8 Å². The van der Waals surface area contributed by atoms with Crippen LogP contribution in [0.4, 0.5) is 0 Å². The predicted molar refractivity (Wildman–Crippen MR) is 79.0 cm³/mol. The molecule has 0 aromatic rings. The van der Waals surface area contributed by atoms with Crippen LogP contribution in [0.5, 0.6) is 0 Å². The van der Waals surface area contributed by atoms with E-state index in [1.165, 1.54) is 51.4 Å². The number of hydrogen-bond acceptors (Lipinski definition) is 2. The number of nitrogens with one attached hydrogen (secondary N) is 1. The van der Waals surface area contributed by atoms with E-state index in [4.69, 9.17) is 0 Å². The van der Waals surface area contributed by atoms with Crippen LogP contribution in [0.1, 0.15) is 65.2 Å². The molecule has 0 saturated heterocycles. The highest BCUT2D eigenvalue weighted by Gasteiger charge is 2.07. The van der Waals surface area contributed by atoms with E-state index in [0.717, 1.165) is 12.3 Å². The van der Waals surface area contributed by atoms with Gasteiger partial charge in [-0.05, 0) is 12.8 Å². The maximum Gasteiger partial charge on any atom is 0.0357 e. The summed E-state index contributed by atoms with van der Waals surface area (Å²) in [6.07, 6.45) is 12.3. The molecule has 1 unspecified atom stereocenters. The zero-order chi connectivity index (χ0) is 12.9. The average molecular weight is 261 g/mol. The molecule has 0 amide bonds. The third-order valence-corrected chi connectivity index (χ3v) is 3.91. The molecule has 17 heavy (non-hydrogen) atoms. The van der Waals surface area contributed by atoms with Crippen molar-refractivity contribution in [1.82, 2.24) is 5.32 Å². The highest BCUT2D eigenvalue weighted by molar-refractivity contribution is 7.84. The average Bonchev–Trinajstić information content (AvgIpc) is 2.28. The highest BCUT2D eigenvalue weighted by Crippen LogP contribution is 2.10. The molecular weight excluding hydrogens is 230 g/mol. The molecule has 0 fully saturated rings. The first-order valence-electron chi connectivity index (χ1n) is 7.24. The maximum atomic E-state index is 11.0. The van der Waals surface area contributed by atoms with Gasteiger partial charge in [-0.3, -0.25) is 4.21 Å². The Labute approximate surface area is 110 Å². The molecule has 0 saturated carbocycles. The van der Waals surface area contributed by atoms with Crippen LogP contribution in [0.25, 0.3) is 0 Å². The summed E-state index contributed by atoms with van der Waals surface area (Å²) in [6.45, 7) is 5.41. The van der Waals surface area contributed by atoms with Gasteiger partial charge in [0.1, 0.15) is 0 Å². The quantitative estimate of drug-likeness (QED) is 0.545. The Kier molecular flexibility index (Phi) is 12.6. The van der Waals surface area contributed by atoms with Gasteiger partial charge in [0.2, 0.25) is 0 Å². The molecule has 0 heterocycles. The third kappa shape index (κ3) is 12.4. The summed E-state index contributed by atoms with van der Waals surface area (Å²) in [5.74, 6) is 0.790. The fourth-order valence-electron chi connectivity index (χ4n) is 2.04. The lowest BCUT2D eigenvalue weighted by Crippen LogP contribution is -2.32. The Balaban J connectivity index is 3.71. The summed E-state index contributed by atoms with van der Waals surface area (Å²) < 4.78 is 11.0. The van der Waals surface area contributed by atoms with Crippen LogP contribution in [0.3, 0.4) is 0 Å². The van der Waals surface area contributed by atoms with E-state index >= 15 is 0 Å². The van der Waals surface area contributed by atoms with Gasteiger partial charge in [0, 0.05) is 35.4 Å². The molecule has 0 aliphatic heterocycles. The van der Waals surface area contributed by atoms with Gasteiger partial charge in [0.15, 0.2) is 0 Å².